The maximum Gasteiger partial charge on any atom is 0.363 e. The fourth-order valence-electron chi connectivity index (χ4n) is 2.60. The molecule has 4 aromatic rings. The molecule has 33 heavy (non-hydrogen) atoms. The van der Waals surface area contributed by atoms with Gasteiger partial charge in [0.2, 0.25) is 0 Å². The van der Waals surface area contributed by atoms with Gasteiger partial charge in [-0.1, -0.05) is 11.8 Å². The lowest BCUT2D eigenvalue weighted by Crippen LogP contribution is -2.11. The van der Waals surface area contributed by atoms with Crippen LogP contribution >= 0.6 is 11.8 Å². The number of nitrogens with zero attached hydrogens (tertiary/aromatic N) is 4. The molecule has 0 saturated heterocycles. The summed E-state index contributed by atoms with van der Waals surface area (Å²) in [5.74, 6) is -0.310. The zero-order chi connectivity index (χ0) is 23.2. The number of benzene rings is 2. The average Bonchev–Trinajstić information content (AvgIpc) is 2.82. The molecule has 0 aliphatic rings. The summed E-state index contributed by atoms with van der Waals surface area (Å²) in [5, 5.41) is 0. The van der Waals surface area contributed by atoms with E-state index in [-0.39, 0.29) is 11.4 Å². The topological polar surface area (TPSA) is 104 Å². The molecule has 0 amide bonds. The first-order chi connectivity index (χ1) is 16.0. The lowest BCUT2D eigenvalue weighted by atomic mass is 10.3. The monoisotopic (exact) mass is 458 g/mol. The number of aromatic nitrogens is 4. The lowest BCUT2D eigenvalue weighted by Gasteiger charge is -2.07. The van der Waals surface area contributed by atoms with Gasteiger partial charge in [0.15, 0.2) is 11.4 Å². The van der Waals surface area contributed by atoms with E-state index in [1.807, 2.05) is 24.3 Å². The second-order valence-corrected chi connectivity index (χ2v) is 8.06. The summed E-state index contributed by atoms with van der Waals surface area (Å²) in [6.07, 6.45) is 5.80. The molecule has 0 radical (unpaired) electrons. The molecule has 4 rings (SSSR count). The average molecular weight is 458 g/mol. The predicted molar refractivity (Wildman–Crippen MR) is 120 cm³/mol. The van der Waals surface area contributed by atoms with E-state index in [0.29, 0.717) is 11.5 Å². The molecule has 164 valence electrons. The number of carbonyl (C=O) groups is 2. The van der Waals surface area contributed by atoms with Crippen LogP contribution in [0.2, 0.25) is 0 Å². The Bertz CT molecular complexity index is 1160. The Labute approximate surface area is 194 Å². The van der Waals surface area contributed by atoms with Crippen molar-refractivity contribution in [1.82, 2.24) is 19.9 Å². The highest BCUT2D eigenvalue weighted by molar-refractivity contribution is 7.99. The standard InChI is InChI=1S/C24H18N4O4S/c1-15-11-27-21(13-25-15)23(29)31-17-3-7-19(8-4-17)33-20-9-5-18(6-10-20)32-24(30)22-14-26-16(2)12-28-22/h3-14H,1-2H3. The fraction of sp³-hybridized carbons (Fsp3) is 0.0833. The fourth-order valence-corrected chi connectivity index (χ4v) is 3.42. The largest absolute Gasteiger partial charge is 0.422 e. The van der Waals surface area contributed by atoms with Crippen LogP contribution in [0, 0.1) is 13.8 Å². The quantitative estimate of drug-likeness (QED) is 0.306. The van der Waals surface area contributed by atoms with Gasteiger partial charge in [0, 0.05) is 22.2 Å². The zero-order valence-corrected chi connectivity index (χ0v) is 18.6. The van der Waals surface area contributed by atoms with Gasteiger partial charge < -0.3 is 9.47 Å². The normalized spacial score (nSPS) is 10.5. The molecule has 0 bridgehead atoms. The number of ether oxygens (including phenoxy) is 2. The Morgan fingerprint density at radius 2 is 1.00 bits per heavy atom. The number of aryl methyl sites for hydroxylation is 2. The van der Waals surface area contributed by atoms with Crippen LogP contribution in [0.4, 0.5) is 0 Å². The summed E-state index contributed by atoms with van der Waals surface area (Å²) in [5.41, 5.74) is 1.74. The van der Waals surface area contributed by atoms with Crippen molar-refractivity contribution < 1.29 is 19.1 Å². The second kappa shape index (κ2) is 10.0. The van der Waals surface area contributed by atoms with Gasteiger partial charge >= 0.3 is 11.9 Å². The molecule has 0 fully saturated rings. The minimum atomic E-state index is -0.565. The van der Waals surface area contributed by atoms with Gasteiger partial charge in [0.05, 0.1) is 23.8 Å². The Balaban J connectivity index is 1.33. The summed E-state index contributed by atoms with van der Waals surface area (Å²) >= 11 is 1.51. The Morgan fingerprint density at radius 3 is 1.33 bits per heavy atom. The smallest absolute Gasteiger partial charge is 0.363 e. The van der Waals surface area contributed by atoms with E-state index < -0.39 is 11.9 Å². The van der Waals surface area contributed by atoms with Crippen molar-refractivity contribution in [3.8, 4) is 11.5 Å². The molecule has 0 spiro atoms. The Morgan fingerprint density at radius 1 is 0.606 bits per heavy atom. The van der Waals surface area contributed by atoms with Gasteiger partial charge in [-0.2, -0.15) is 0 Å². The van der Waals surface area contributed by atoms with E-state index in [4.69, 9.17) is 9.47 Å². The van der Waals surface area contributed by atoms with Gasteiger partial charge in [0.25, 0.3) is 0 Å². The molecule has 0 N–H and O–H groups in total. The van der Waals surface area contributed by atoms with Crippen molar-refractivity contribution in [3.05, 3.63) is 96.1 Å². The lowest BCUT2D eigenvalue weighted by molar-refractivity contribution is 0.0718. The SMILES string of the molecule is Cc1cnc(C(=O)Oc2ccc(Sc3ccc(OC(=O)c4cnc(C)cn4)cc3)cc2)cn1. The predicted octanol–water partition coefficient (Wildman–Crippen LogP) is 4.47. The van der Waals surface area contributed by atoms with Gasteiger partial charge in [0.1, 0.15) is 11.5 Å². The zero-order valence-electron chi connectivity index (χ0n) is 17.8. The van der Waals surface area contributed by atoms with Crippen molar-refractivity contribution in [2.75, 3.05) is 0 Å². The van der Waals surface area contributed by atoms with Crippen molar-refractivity contribution >= 4 is 23.7 Å². The third-order valence-electron chi connectivity index (χ3n) is 4.28. The number of carbonyl (C=O) groups excluding carboxylic acids is 2. The number of esters is 2. The third kappa shape index (κ3) is 5.98. The first-order valence-electron chi connectivity index (χ1n) is 9.86. The maximum atomic E-state index is 12.1. The number of hydrogen-bond acceptors (Lipinski definition) is 9. The molecule has 2 aromatic heterocycles. The number of rotatable bonds is 6. The van der Waals surface area contributed by atoms with Crippen LogP contribution in [0.1, 0.15) is 32.4 Å². The molecule has 9 heteroatoms. The Kier molecular flexibility index (Phi) is 6.70. The van der Waals surface area contributed by atoms with Crippen molar-refractivity contribution in [2.45, 2.75) is 23.6 Å². The third-order valence-corrected chi connectivity index (χ3v) is 5.30. The molecule has 2 heterocycles. The van der Waals surface area contributed by atoms with E-state index in [2.05, 4.69) is 19.9 Å². The second-order valence-electron chi connectivity index (χ2n) is 6.91. The molecular weight excluding hydrogens is 440 g/mol. The highest BCUT2D eigenvalue weighted by atomic mass is 32.2. The van der Waals surface area contributed by atoms with Crippen LogP contribution in [0.5, 0.6) is 11.5 Å². The van der Waals surface area contributed by atoms with Crippen LogP contribution in [-0.2, 0) is 0 Å². The van der Waals surface area contributed by atoms with Crippen LogP contribution in [0.25, 0.3) is 0 Å². The van der Waals surface area contributed by atoms with E-state index in [9.17, 15) is 9.59 Å². The molecule has 0 aliphatic carbocycles. The van der Waals surface area contributed by atoms with Gasteiger partial charge in [-0.25, -0.2) is 19.6 Å². The summed E-state index contributed by atoms with van der Waals surface area (Å²) in [4.78, 5) is 42.3. The summed E-state index contributed by atoms with van der Waals surface area (Å²) in [6.45, 7) is 3.58. The van der Waals surface area contributed by atoms with E-state index >= 15 is 0 Å². The first-order valence-corrected chi connectivity index (χ1v) is 10.7. The summed E-state index contributed by atoms with van der Waals surface area (Å²) in [7, 11) is 0. The van der Waals surface area contributed by atoms with Gasteiger partial charge in [-0.3, -0.25) is 9.97 Å². The Hall–Kier alpha value is -4.11. The van der Waals surface area contributed by atoms with Gasteiger partial charge in [-0.15, -0.1) is 0 Å². The minimum absolute atomic E-state index is 0.147. The number of hydrogen-bond donors (Lipinski definition) is 0. The highest BCUT2D eigenvalue weighted by Crippen LogP contribution is 2.30. The summed E-state index contributed by atoms with van der Waals surface area (Å²) < 4.78 is 10.7. The maximum absolute atomic E-state index is 12.1. The van der Waals surface area contributed by atoms with Crippen LogP contribution in [-0.4, -0.2) is 31.9 Å². The van der Waals surface area contributed by atoms with Crippen molar-refractivity contribution in [1.29, 1.82) is 0 Å². The molecule has 2 aromatic carbocycles. The first kappa shape index (κ1) is 22.1. The van der Waals surface area contributed by atoms with E-state index in [1.54, 1.807) is 38.1 Å². The molecule has 0 atom stereocenters. The van der Waals surface area contributed by atoms with E-state index in [0.717, 1.165) is 21.2 Å². The van der Waals surface area contributed by atoms with Crippen LogP contribution in [0.3, 0.4) is 0 Å². The molecule has 0 unspecified atom stereocenters. The summed E-state index contributed by atoms with van der Waals surface area (Å²) in [6, 6.07) is 14.2. The molecular formula is C24H18N4O4S. The highest BCUT2D eigenvalue weighted by Gasteiger charge is 2.12. The van der Waals surface area contributed by atoms with Gasteiger partial charge in [-0.05, 0) is 62.4 Å². The molecule has 0 aliphatic heterocycles. The van der Waals surface area contributed by atoms with Crippen LogP contribution in [0.15, 0.2) is 83.1 Å². The van der Waals surface area contributed by atoms with Crippen molar-refractivity contribution in [3.63, 3.8) is 0 Å². The minimum Gasteiger partial charge on any atom is -0.422 e. The molecule has 8 nitrogen and oxygen atoms in total. The van der Waals surface area contributed by atoms with Crippen LogP contribution < -0.4 is 9.47 Å². The van der Waals surface area contributed by atoms with Crippen molar-refractivity contribution in [2.24, 2.45) is 0 Å². The molecule has 0 saturated carbocycles. The van der Waals surface area contributed by atoms with E-state index in [1.165, 1.54) is 36.5 Å².